The molecule has 14 heavy (non-hydrogen) atoms. The zero-order chi connectivity index (χ0) is 10.9. The maximum absolute atomic E-state index is 12.4. The lowest BCUT2D eigenvalue weighted by Gasteiger charge is -2.12. The monoisotopic (exact) mass is 266 g/mol. The Bertz CT molecular complexity index is 342. The maximum Gasteiger partial charge on any atom is 0.416 e. The molecule has 1 aromatic carbocycles. The molecule has 0 aliphatic rings. The van der Waals surface area contributed by atoms with Crippen LogP contribution in [-0.4, -0.2) is 0 Å². The second kappa shape index (κ2) is 3.93. The Morgan fingerprint density at radius 2 is 1.79 bits per heavy atom. The van der Waals surface area contributed by atoms with Crippen molar-refractivity contribution in [3.8, 4) is 0 Å². The first kappa shape index (κ1) is 11.6. The van der Waals surface area contributed by atoms with E-state index < -0.39 is 11.7 Å². The van der Waals surface area contributed by atoms with Crippen LogP contribution in [0, 0.1) is 13.8 Å². The molecule has 1 rings (SSSR count). The van der Waals surface area contributed by atoms with Crippen molar-refractivity contribution in [3.63, 3.8) is 0 Å². The molecule has 0 amide bonds. The second-order valence-corrected chi connectivity index (χ2v) is 3.77. The van der Waals surface area contributed by atoms with Crippen molar-refractivity contribution in [1.29, 1.82) is 0 Å². The van der Waals surface area contributed by atoms with Crippen LogP contribution < -0.4 is 0 Å². The zero-order valence-electron chi connectivity index (χ0n) is 7.87. The van der Waals surface area contributed by atoms with Crippen molar-refractivity contribution in [2.24, 2.45) is 0 Å². The molecule has 0 saturated heterocycles. The van der Waals surface area contributed by atoms with E-state index in [0.717, 1.165) is 5.56 Å². The van der Waals surface area contributed by atoms with E-state index in [2.05, 4.69) is 15.9 Å². The van der Waals surface area contributed by atoms with Crippen LogP contribution in [0.3, 0.4) is 0 Å². The van der Waals surface area contributed by atoms with Gasteiger partial charge in [-0.1, -0.05) is 15.9 Å². The third-order valence-electron chi connectivity index (χ3n) is 2.25. The first-order valence-electron chi connectivity index (χ1n) is 4.09. The molecule has 78 valence electrons. The third-order valence-corrected chi connectivity index (χ3v) is 2.85. The van der Waals surface area contributed by atoms with E-state index in [-0.39, 0.29) is 0 Å². The van der Waals surface area contributed by atoms with E-state index in [1.165, 1.54) is 12.1 Å². The molecule has 0 fully saturated rings. The van der Waals surface area contributed by atoms with E-state index in [0.29, 0.717) is 16.5 Å². The van der Waals surface area contributed by atoms with Crippen molar-refractivity contribution < 1.29 is 13.2 Å². The number of aryl methyl sites for hydroxylation is 1. The molecule has 0 aliphatic carbocycles. The average molecular weight is 267 g/mol. The summed E-state index contributed by atoms with van der Waals surface area (Å²) in [4.78, 5) is 0. The summed E-state index contributed by atoms with van der Waals surface area (Å²) < 4.78 is 37.2. The number of alkyl halides is 4. The number of hydrogen-bond donors (Lipinski definition) is 0. The van der Waals surface area contributed by atoms with Gasteiger partial charge >= 0.3 is 6.18 Å². The third kappa shape index (κ3) is 2.29. The molecule has 0 saturated carbocycles. The summed E-state index contributed by atoms with van der Waals surface area (Å²) in [6.45, 7) is 3.52. The Hall–Kier alpha value is -0.510. The molecule has 0 unspecified atom stereocenters. The van der Waals surface area contributed by atoms with Gasteiger partial charge in [0, 0.05) is 5.33 Å². The van der Waals surface area contributed by atoms with Gasteiger partial charge in [0.1, 0.15) is 0 Å². The minimum atomic E-state index is -4.25. The van der Waals surface area contributed by atoms with Crippen molar-refractivity contribution >= 4 is 15.9 Å². The molecule has 0 nitrogen and oxygen atoms in total. The van der Waals surface area contributed by atoms with Crippen LogP contribution in [0.2, 0.25) is 0 Å². The standard InChI is InChI=1S/C10H10BrF3/c1-6-3-9(10(12,13)14)4-8(5-11)7(6)2/h3-4H,5H2,1-2H3. The summed E-state index contributed by atoms with van der Waals surface area (Å²) in [7, 11) is 0. The van der Waals surface area contributed by atoms with E-state index in [9.17, 15) is 13.2 Å². The van der Waals surface area contributed by atoms with Gasteiger partial charge in [-0.15, -0.1) is 0 Å². The number of halogens is 4. The van der Waals surface area contributed by atoms with Crippen LogP contribution in [0.4, 0.5) is 13.2 Å². The van der Waals surface area contributed by atoms with Crippen molar-refractivity contribution in [2.45, 2.75) is 25.4 Å². The molecule has 0 atom stereocenters. The lowest BCUT2D eigenvalue weighted by Crippen LogP contribution is -2.07. The molecule has 0 aromatic heterocycles. The molecule has 0 aliphatic heterocycles. The molecule has 1 aromatic rings. The van der Waals surface area contributed by atoms with Crippen molar-refractivity contribution in [2.75, 3.05) is 0 Å². The van der Waals surface area contributed by atoms with E-state index in [1.54, 1.807) is 6.92 Å². The highest BCUT2D eigenvalue weighted by Crippen LogP contribution is 2.32. The fourth-order valence-corrected chi connectivity index (χ4v) is 1.82. The number of hydrogen-bond acceptors (Lipinski definition) is 0. The van der Waals surface area contributed by atoms with Crippen molar-refractivity contribution in [1.82, 2.24) is 0 Å². The first-order chi connectivity index (χ1) is 6.36. The largest absolute Gasteiger partial charge is 0.416 e. The number of benzene rings is 1. The Balaban J connectivity index is 3.30. The predicted molar refractivity (Wildman–Crippen MR) is 53.5 cm³/mol. The Morgan fingerprint density at radius 3 is 2.21 bits per heavy atom. The topological polar surface area (TPSA) is 0 Å². The highest BCUT2D eigenvalue weighted by atomic mass is 79.9. The summed E-state index contributed by atoms with van der Waals surface area (Å²) in [5, 5.41) is 0.448. The summed E-state index contributed by atoms with van der Waals surface area (Å²) in [5.41, 5.74) is 1.71. The predicted octanol–water partition coefficient (Wildman–Crippen LogP) is 4.22. The van der Waals surface area contributed by atoms with Gasteiger partial charge in [0.25, 0.3) is 0 Å². The Labute approximate surface area is 89.3 Å². The quantitative estimate of drug-likeness (QED) is 0.668. The van der Waals surface area contributed by atoms with Crippen LogP contribution in [-0.2, 0) is 11.5 Å². The highest BCUT2D eigenvalue weighted by molar-refractivity contribution is 9.08. The van der Waals surface area contributed by atoms with E-state index in [1.807, 2.05) is 6.92 Å². The minimum Gasteiger partial charge on any atom is -0.166 e. The zero-order valence-corrected chi connectivity index (χ0v) is 9.46. The smallest absolute Gasteiger partial charge is 0.166 e. The summed E-state index contributed by atoms with van der Waals surface area (Å²) in [6.07, 6.45) is -4.25. The Kier molecular flexibility index (Phi) is 3.24. The molecule has 0 spiro atoms. The van der Waals surface area contributed by atoms with Crippen molar-refractivity contribution in [3.05, 3.63) is 34.4 Å². The van der Waals surface area contributed by atoms with Crippen LogP contribution >= 0.6 is 15.9 Å². The molecular formula is C10H10BrF3. The second-order valence-electron chi connectivity index (χ2n) is 3.21. The summed E-state index contributed by atoms with van der Waals surface area (Å²) in [6, 6.07) is 2.37. The lowest BCUT2D eigenvalue weighted by molar-refractivity contribution is -0.137. The van der Waals surface area contributed by atoms with Gasteiger partial charge in [-0.25, -0.2) is 0 Å². The van der Waals surface area contributed by atoms with Gasteiger partial charge in [-0.05, 0) is 42.7 Å². The molecular weight excluding hydrogens is 257 g/mol. The summed E-state index contributed by atoms with van der Waals surface area (Å²) in [5.74, 6) is 0. The molecule has 0 heterocycles. The fourth-order valence-electron chi connectivity index (χ4n) is 1.23. The van der Waals surface area contributed by atoms with E-state index in [4.69, 9.17) is 0 Å². The van der Waals surface area contributed by atoms with Gasteiger partial charge in [-0.2, -0.15) is 13.2 Å². The SMILES string of the molecule is Cc1cc(C(F)(F)F)cc(CBr)c1C. The van der Waals surface area contributed by atoms with Gasteiger partial charge in [-0.3, -0.25) is 0 Å². The minimum absolute atomic E-state index is 0.448. The average Bonchev–Trinajstić information content (AvgIpc) is 2.07. The molecule has 0 N–H and O–H groups in total. The molecule has 0 bridgehead atoms. The van der Waals surface area contributed by atoms with Gasteiger partial charge < -0.3 is 0 Å². The maximum atomic E-state index is 12.4. The first-order valence-corrected chi connectivity index (χ1v) is 5.21. The molecule has 0 radical (unpaired) electrons. The highest BCUT2D eigenvalue weighted by Gasteiger charge is 2.31. The molecule has 4 heteroatoms. The normalized spacial score (nSPS) is 11.9. The Morgan fingerprint density at radius 1 is 1.21 bits per heavy atom. The number of rotatable bonds is 1. The van der Waals surface area contributed by atoms with Gasteiger partial charge in [0.15, 0.2) is 0 Å². The van der Waals surface area contributed by atoms with E-state index >= 15 is 0 Å². The van der Waals surface area contributed by atoms with Crippen LogP contribution in [0.1, 0.15) is 22.3 Å². The fraction of sp³-hybridized carbons (Fsp3) is 0.400. The summed E-state index contributed by atoms with van der Waals surface area (Å²) >= 11 is 3.18. The van der Waals surface area contributed by atoms with Crippen LogP contribution in [0.15, 0.2) is 12.1 Å². The van der Waals surface area contributed by atoms with Crippen LogP contribution in [0.5, 0.6) is 0 Å². The van der Waals surface area contributed by atoms with Gasteiger partial charge in [0.05, 0.1) is 5.56 Å². The lowest BCUT2D eigenvalue weighted by atomic mass is 10.0. The van der Waals surface area contributed by atoms with Crippen LogP contribution in [0.25, 0.3) is 0 Å². The van der Waals surface area contributed by atoms with Gasteiger partial charge in [0.2, 0.25) is 0 Å².